The van der Waals surface area contributed by atoms with E-state index in [2.05, 4.69) is 5.32 Å². The molecule has 0 unspecified atom stereocenters. The minimum Gasteiger partial charge on any atom is -0.497 e. The third kappa shape index (κ3) is 7.31. The van der Waals surface area contributed by atoms with Gasteiger partial charge in [-0.05, 0) is 61.0 Å². The van der Waals surface area contributed by atoms with Crippen LogP contribution < -0.4 is 19.1 Å². The fraction of sp³-hybridized carbons (Fsp3) is 0.231. The van der Waals surface area contributed by atoms with E-state index in [4.69, 9.17) is 9.47 Å². The van der Waals surface area contributed by atoms with Gasteiger partial charge in [0.25, 0.3) is 5.91 Å². The minimum absolute atomic E-state index is 0.0673. The van der Waals surface area contributed by atoms with Crippen LogP contribution in [0, 0.1) is 0 Å². The summed E-state index contributed by atoms with van der Waals surface area (Å²) in [5.74, 6) is 1.00. The van der Waals surface area contributed by atoms with Crippen molar-refractivity contribution in [2.75, 3.05) is 30.8 Å². The molecule has 0 aliphatic heterocycles. The number of methoxy groups -OCH3 is 1. The molecule has 0 aliphatic rings. The molecule has 35 heavy (non-hydrogen) atoms. The molecule has 0 saturated heterocycles. The average molecular weight is 497 g/mol. The lowest BCUT2D eigenvalue weighted by molar-refractivity contribution is 0.0946. The van der Waals surface area contributed by atoms with Crippen molar-refractivity contribution >= 4 is 27.4 Å². The van der Waals surface area contributed by atoms with Gasteiger partial charge in [-0.25, -0.2) is 8.42 Å². The number of rotatable bonds is 11. The molecule has 8 nitrogen and oxygen atoms in total. The molecule has 3 aromatic carbocycles. The molecule has 0 fully saturated rings. The Morgan fingerprint density at radius 2 is 1.57 bits per heavy atom. The van der Waals surface area contributed by atoms with Crippen LogP contribution in [0.3, 0.4) is 0 Å². The van der Waals surface area contributed by atoms with Crippen molar-refractivity contribution in [2.45, 2.75) is 13.5 Å². The predicted octanol–water partition coefficient (Wildman–Crippen LogP) is 3.67. The number of Topliss-reactive ketones (excluding diaryl/α,β-unsaturated/α-hetero) is 1. The lowest BCUT2D eigenvalue weighted by Gasteiger charge is -2.23. The van der Waals surface area contributed by atoms with E-state index in [0.29, 0.717) is 41.3 Å². The lowest BCUT2D eigenvalue weighted by Crippen LogP contribution is -2.30. The molecule has 9 heteroatoms. The van der Waals surface area contributed by atoms with E-state index in [0.717, 1.165) is 12.0 Å². The summed E-state index contributed by atoms with van der Waals surface area (Å²) in [6.45, 7) is 2.12. The molecule has 0 spiro atoms. The standard InChI is InChI=1S/C26H28N2O6S/c1-19(29)22-5-4-6-23(17-22)28(35(3,31)32)18-20-7-9-21(10-8-20)26(30)27-15-16-34-25-13-11-24(33-2)12-14-25/h4-14,17H,15-16,18H2,1-3H3,(H,27,30). The maximum Gasteiger partial charge on any atom is 0.251 e. The van der Waals surface area contributed by atoms with Crippen LogP contribution in [0.1, 0.15) is 33.2 Å². The smallest absolute Gasteiger partial charge is 0.251 e. The summed E-state index contributed by atoms with van der Waals surface area (Å²) in [5.41, 5.74) is 1.98. The topological polar surface area (TPSA) is 102 Å². The predicted molar refractivity (Wildman–Crippen MR) is 135 cm³/mol. The number of amides is 1. The van der Waals surface area contributed by atoms with Gasteiger partial charge in [0.15, 0.2) is 5.78 Å². The molecule has 1 amide bonds. The highest BCUT2D eigenvalue weighted by atomic mass is 32.2. The maximum atomic E-state index is 12.4. The number of carbonyl (C=O) groups excluding carboxylic acids is 2. The highest BCUT2D eigenvalue weighted by molar-refractivity contribution is 7.92. The van der Waals surface area contributed by atoms with E-state index in [1.807, 2.05) is 0 Å². The van der Waals surface area contributed by atoms with E-state index in [-0.39, 0.29) is 18.2 Å². The Morgan fingerprint density at radius 3 is 2.17 bits per heavy atom. The molecule has 1 N–H and O–H groups in total. The maximum absolute atomic E-state index is 12.4. The third-order valence-electron chi connectivity index (χ3n) is 5.20. The van der Waals surface area contributed by atoms with Gasteiger partial charge in [-0.1, -0.05) is 24.3 Å². The molecule has 0 saturated carbocycles. The first-order valence-electron chi connectivity index (χ1n) is 10.9. The summed E-state index contributed by atoms with van der Waals surface area (Å²) < 4.78 is 36.8. The number of anilines is 1. The Morgan fingerprint density at radius 1 is 0.914 bits per heavy atom. The Hall–Kier alpha value is -3.85. The second-order valence-corrected chi connectivity index (χ2v) is 9.76. The zero-order chi connectivity index (χ0) is 25.4. The molecular formula is C26H28N2O6S. The van der Waals surface area contributed by atoms with Crippen molar-refractivity contribution in [1.82, 2.24) is 5.32 Å². The molecule has 0 atom stereocenters. The summed E-state index contributed by atoms with van der Waals surface area (Å²) in [4.78, 5) is 24.1. The summed E-state index contributed by atoms with van der Waals surface area (Å²) >= 11 is 0. The fourth-order valence-electron chi connectivity index (χ4n) is 3.31. The minimum atomic E-state index is -3.61. The van der Waals surface area contributed by atoms with Gasteiger partial charge in [0.05, 0.1) is 32.1 Å². The molecule has 0 bridgehead atoms. The van der Waals surface area contributed by atoms with E-state index in [1.54, 1.807) is 79.9 Å². The quantitative estimate of drug-likeness (QED) is 0.321. The van der Waals surface area contributed by atoms with Gasteiger partial charge in [-0.2, -0.15) is 0 Å². The van der Waals surface area contributed by atoms with Gasteiger partial charge >= 0.3 is 0 Å². The molecule has 0 heterocycles. The van der Waals surface area contributed by atoms with E-state index in [9.17, 15) is 18.0 Å². The van der Waals surface area contributed by atoms with Gasteiger partial charge in [0, 0.05) is 11.1 Å². The number of carbonyl (C=O) groups is 2. The van der Waals surface area contributed by atoms with Crippen molar-refractivity contribution in [3.63, 3.8) is 0 Å². The van der Waals surface area contributed by atoms with Crippen LogP contribution >= 0.6 is 0 Å². The first-order valence-corrected chi connectivity index (χ1v) is 12.7. The number of ether oxygens (including phenoxy) is 2. The number of hydrogen-bond donors (Lipinski definition) is 1. The van der Waals surface area contributed by atoms with E-state index in [1.165, 1.54) is 11.2 Å². The number of hydrogen-bond acceptors (Lipinski definition) is 6. The summed E-state index contributed by atoms with van der Waals surface area (Å²) in [7, 11) is -2.01. The summed E-state index contributed by atoms with van der Waals surface area (Å²) in [6.07, 6.45) is 1.11. The number of nitrogens with one attached hydrogen (secondary N) is 1. The number of sulfonamides is 1. The normalized spacial score (nSPS) is 10.9. The molecule has 3 rings (SSSR count). The van der Waals surface area contributed by atoms with Crippen molar-refractivity contribution in [1.29, 1.82) is 0 Å². The van der Waals surface area contributed by atoms with Crippen LogP contribution in [0.25, 0.3) is 0 Å². The van der Waals surface area contributed by atoms with Crippen LogP contribution in [0.4, 0.5) is 5.69 Å². The van der Waals surface area contributed by atoms with Gasteiger partial charge in [-0.15, -0.1) is 0 Å². The molecule has 184 valence electrons. The molecule has 0 radical (unpaired) electrons. The van der Waals surface area contributed by atoms with Crippen LogP contribution in [-0.4, -0.2) is 46.6 Å². The van der Waals surface area contributed by atoms with Gasteiger partial charge in [0.2, 0.25) is 10.0 Å². The highest BCUT2D eigenvalue weighted by Gasteiger charge is 2.19. The van der Waals surface area contributed by atoms with Gasteiger partial charge in [0.1, 0.15) is 18.1 Å². The second-order valence-electron chi connectivity index (χ2n) is 7.85. The summed E-state index contributed by atoms with van der Waals surface area (Å²) in [6, 6.07) is 20.3. The average Bonchev–Trinajstić information content (AvgIpc) is 2.85. The number of benzene rings is 3. The molecule has 0 aliphatic carbocycles. The Labute approximate surface area is 205 Å². The van der Waals surface area contributed by atoms with Crippen LogP contribution in [0.15, 0.2) is 72.8 Å². The van der Waals surface area contributed by atoms with Crippen molar-refractivity contribution in [2.24, 2.45) is 0 Å². The largest absolute Gasteiger partial charge is 0.497 e. The van der Waals surface area contributed by atoms with Crippen LogP contribution in [0.2, 0.25) is 0 Å². The zero-order valence-corrected chi connectivity index (χ0v) is 20.7. The first-order chi connectivity index (χ1) is 16.7. The van der Waals surface area contributed by atoms with Crippen molar-refractivity contribution in [3.8, 4) is 11.5 Å². The fourth-order valence-corrected chi connectivity index (χ4v) is 4.19. The van der Waals surface area contributed by atoms with E-state index < -0.39 is 10.0 Å². The Balaban J connectivity index is 1.58. The zero-order valence-electron chi connectivity index (χ0n) is 19.9. The van der Waals surface area contributed by atoms with Crippen LogP contribution in [-0.2, 0) is 16.6 Å². The molecule has 0 aromatic heterocycles. The lowest BCUT2D eigenvalue weighted by atomic mass is 10.1. The second kappa shape index (κ2) is 11.5. The van der Waals surface area contributed by atoms with Crippen molar-refractivity contribution in [3.05, 3.63) is 89.5 Å². The van der Waals surface area contributed by atoms with Crippen molar-refractivity contribution < 1.29 is 27.5 Å². The number of ketones is 1. The Bertz CT molecular complexity index is 1270. The molecular weight excluding hydrogens is 468 g/mol. The number of nitrogens with zero attached hydrogens (tertiary/aromatic N) is 1. The summed E-state index contributed by atoms with van der Waals surface area (Å²) in [5, 5.41) is 2.79. The van der Waals surface area contributed by atoms with Gasteiger partial charge in [-0.3, -0.25) is 13.9 Å². The SMILES string of the molecule is COc1ccc(OCCNC(=O)c2ccc(CN(c3cccc(C(C)=O)c3)S(C)(=O)=O)cc2)cc1. The third-order valence-corrected chi connectivity index (χ3v) is 6.34. The monoisotopic (exact) mass is 496 g/mol. The van der Waals surface area contributed by atoms with E-state index >= 15 is 0 Å². The molecule has 3 aromatic rings. The first kappa shape index (κ1) is 25.8. The Kier molecular flexibility index (Phi) is 8.48. The highest BCUT2D eigenvalue weighted by Crippen LogP contribution is 2.22. The van der Waals surface area contributed by atoms with Crippen LogP contribution in [0.5, 0.6) is 11.5 Å². The van der Waals surface area contributed by atoms with Gasteiger partial charge < -0.3 is 14.8 Å².